The molecular formula is C13H15ClN2O4. The molecule has 0 heterocycles. The van der Waals surface area contributed by atoms with Gasteiger partial charge in [-0.2, -0.15) is 0 Å². The lowest BCUT2D eigenvalue weighted by Crippen LogP contribution is -2.24. The Morgan fingerprint density at radius 1 is 1.50 bits per heavy atom. The summed E-state index contributed by atoms with van der Waals surface area (Å²) in [6, 6.07) is 4.23. The second kappa shape index (κ2) is 8.16. The molecule has 6 nitrogen and oxygen atoms in total. The van der Waals surface area contributed by atoms with Crippen LogP contribution >= 0.6 is 11.6 Å². The van der Waals surface area contributed by atoms with Crippen LogP contribution in [0.15, 0.2) is 30.4 Å². The Morgan fingerprint density at radius 3 is 2.85 bits per heavy atom. The summed E-state index contributed by atoms with van der Waals surface area (Å²) in [7, 11) is 0. The van der Waals surface area contributed by atoms with E-state index in [0.29, 0.717) is 12.4 Å². The third-order valence-corrected chi connectivity index (χ3v) is 2.54. The van der Waals surface area contributed by atoms with E-state index in [0.717, 1.165) is 0 Å². The van der Waals surface area contributed by atoms with Crippen LogP contribution in [0.25, 0.3) is 0 Å². The molecule has 7 heteroatoms. The first-order valence-electron chi connectivity index (χ1n) is 6.01. The van der Waals surface area contributed by atoms with Crippen molar-refractivity contribution in [2.45, 2.75) is 6.92 Å². The van der Waals surface area contributed by atoms with E-state index < -0.39 is 10.8 Å². The highest BCUT2D eigenvalue weighted by Crippen LogP contribution is 2.30. The summed E-state index contributed by atoms with van der Waals surface area (Å²) in [6.45, 7) is 2.22. The maximum absolute atomic E-state index is 12.0. The van der Waals surface area contributed by atoms with E-state index >= 15 is 0 Å². The topological polar surface area (TPSA) is 81.5 Å². The largest absolute Gasteiger partial charge is 0.487 e. The fraction of sp³-hybridized carbons (Fsp3) is 0.308. The molecule has 0 unspecified atom stereocenters. The zero-order valence-corrected chi connectivity index (χ0v) is 11.7. The number of nitro benzene ring substituents is 1. The van der Waals surface area contributed by atoms with Gasteiger partial charge in [-0.25, -0.2) is 0 Å². The van der Waals surface area contributed by atoms with Gasteiger partial charge in [-0.3, -0.25) is 14.9 Å². The third-order valence-electron chi connectivity index (χ3n) is 2.36. The molecule has 1 aromatic carbocycles. The lowest BCUT2D eigenvalue weighted by molar-refractivity contribution is -0.385. The van der Waals surface area contributed by atoms with Crippen molar-refractivity contribution in [3.63, 3.8) is 0 Å². The maximum atomic E-state index is 12.0. The van der Waals surface area contributed by atoms with E-state index in [1.807, 2.05) is 0 Å². The first-order chi connectivity index (χ1) is 9.61. The van der Waals surface area contributed by atoms with Crippen LogP contribution < -0.4 is 10.1 Å². The lowest BCUT2D eigenvalue weighted by atomic mass is 10.1. The number of para-hydroxylation sites is 1. The number of rotatable bonds is 7. The highest BCUT2D eigenvalue weighted by Gasteiger charge is 2.22. The van der Waals surface area contributed by atoms with Gasteiger partial charge in [-0.15, -0.1) is 11.6 Å². The normalized spacial score (nSPS) is 10.5. The minimum Gasteiger partial charge on any atom is -0.487 e. The van der Waals surface area contributed by atoms with E-state index in [4.69, 9.17) is 16.3 Å². The van der Waals surface area contributed by atoms with Crippen molar-refractivity contribution in [3.8, 4) is 5.75 Å². The number of carbonyl (C=O) groups excluding carboxylic acids is 1. The number of carbonyl (C=O) groups is 1. The van der Waals surface area contributed by atoms with Gasteiger partial charge in [0.25, 0.3) is 5.91 Å². The predicted octanol–water partition coefficient (Wildman–Crippen LogP) is 2.52. The zero-order chi connectivity index (χ0) is 15.0. The SMILES string of the molecule is CCOc1c(C(=O)NC/C=C/CCl)cccc1[N+](=O)[O-]. The molecule has 20 heavy (non-hydrogen) atoms. The fourth-order valence-electron chi connectivity index (χ4n) is 1.54. The van der Waals surface area contributed by atoms with E-state index in [1.165, 1.54) is 18.2 Å². The van der Waals surface area contributed by atoms with Crippen molar-refractivity contribution in [1.82, 2.24) is 5.32 Å². The van der Waals surface area contributed by atoms with Crippen molar-refractivity contribution in [1.29, 1.82) is 0 Å². The molecule has 0 aliphatic heterocycles. The molecule has 108 valence electrons. The molecule has 1 N–H and O–H groups in total. The van der Waals surface area contributed by atoms with Gasteiger partial charge in [-0.1, -0.05) is 18.2 Å². The molecular weight excluding hydrogens is 284 g/mol. The summed E-state index contributed by atoms with van der Waals surface area (Å²) in [5.74, 6) is -0.0909. The summed E-state index contributed by atoms with van der Waals surface area (Å²) >= 11 is 5.46. The van der Waals surface area contributed by atoms with Crippen LogP contribution in [0.5, 0.6) is 5.75 Å². The average molecular weight is 299 g/mol. The first kappa shape index (κ1) is 16.0. The third kappa shape index (κ3) is 4.24. The number of nitrogens with zero attached hydrogens (tertiary/aromatic N) is 1. The molecule has 0 bridgehead atoms. The molecule has 0 aromatic heterocycles. The number of hydrogen-bond donors (Lipinski definition) is 1. The second-order valence-corrected chi connectivity index (χ2v) is 3.99. The van der Waals surface area contributed by atoms with Gasteiger partial charge in [0.05, 0.1) is 17.1 Å². The molecule has 1 rings (SSSR count). The van der Waals surface area contributed by atoms with E-state index in [9.17, 15) is 14.9 Å². The molecule has 1 amide bonds. The van der Waals surface area contributed by atoms with Crippen LogP contribution in [0.4, 0.5) is 5.69 Å². The predicted molar refractivity (Wildman–Crippen MR) is 76.5 cm³/mol. The van der Waals surface area contributed by atoms with Gasteiger partial charge in [0.15, 0.2) is 0 Å². The van der Waals surface area contributed by atoms with Crippen LogP contribution in [0.2, 0.25) is 0 Å². The van der Waals surface area contributed by atoms with E-state index in [-0.39, 0.29) is 23.6 Å². The number of nitro groups is 1. The first-order valence-corrected chi connectivity index (χ1v) is 6.54. The molecule has 0 atom stereocenters. The Kier molecular flexibility index (Phi) is 6.52. The molecule has 0 saturated heterocycles. The maximum Gasteiger partial charge on any atom is 0.311 e. The van der Waals surface area contributed by atoms with E-state index in [2.05, 4.69) is 5.32 Å². The van der Waals surface area contributed by atoms with Gasteiger partial charge in [-0.05, 0) is 13.0 Å². The van der Waals surface area contributed by atoms with Crippen molar-refractivity contribution in [2.75, 3.05) is 19.0 Å². The number of nitrogens with one attached hydrogen (secondary N) is 1. The lowest BCUT2D eigenvalue weighted by Gasteiger charge is -2.10. The molecule has 0 radical (unpaired) electrons. The molecule has 0 fully saturated rings. The molecule has 1 aromatic rings. The number of amides is 1. The fourth-order valence-corrected chi connectivity index (χ4v) is 1.66. The Balaban J connectivity index is 2.98. The van der Waals surface area contributed by atoms with Gasteiger partial charge in [0.2, 0.25) is 5.75 Å². The van der Waals surface area contributed by atoms with Crippen molar-refractivity contribution in [2.24, 2.45) is 0 Å². The number of allylic oxidation sites excluding steroid dienone is 1. The molecule has 0 aliphatic rings. The van der Waals surface area contributed by atoms with Gasteiger partial charge in [0, 0.05) is 18.5 Å². The number of benzene rings is 1. The minimum absolute atomic E-state index is 0.0150. The minimum atomic E-state index is -0.574. The van der Waals surface area contributed by atoms with Crippen molar-refractivity contribution < 1.29 is 14.5 Å². The Morgan fingerprint density at radius 2 is 2.25 bits per heavy atom. The second-order valence-electron chi connectivity index (χ2n) is 3.68. The summed E-state index contributed by atoms with van der Waals surface area (Å²) < 4.78 is 5.24. The number of alkyl halides is 1. The summed E-state index contributed by atoms with van der Waals surface area (Å²) in [6.07, 6.45) is 3.39. The molecule has 0 saturated carbocycles. The van der Waals surface area contributed by atoms with Crippen molar-refractivity contribution in [3.05, 3.63) is 46.0 Å². The van der Waals surface area contributed by atoms with Crippen molar-refractivity contribution >= 4 is 23.2 Å². The highest BCUT2D eigenvalue weighted by molar-refractivity contribution is 6.18. The van der Waals surface area contributed by atoms with Gasteiger partial charge in [0.1, 0.15) is 0 Å². The summed E-state index contributed by atoms with van der Waals surface area (Å²) in [4.78, 5) is 22.4. The van der Waals surface area contributed by atoms with Crippen LogP contribution in [0.1, 0.15) is 17.3 Å². The Labute approximate surface area is 121 Å². The standard InChI is InChI=1S/C13H15ClN2O4/c1-2-20-12-10(6-5-7-11(12)16(18)19)13(17)15-9-4-3-8-14/h3-7H,2,8-9H2,1H3,(H,15,17)/b4-3+. The Hall–Kier alpha value is -2.08. The number of hydrogen-bond acceptors (Lipinski definition) is 4. The van der Waals surface area contributed by atoms with E-state index in [1.54, 1.807) is 19.1 Å². The monoisotopic (exact) mass is 298 g/mol. The van der Waals surface area contributed by atoms with Crippen LogP contribution in [-0.2, 0) is 0 Å². The number of ether oxygens (including phenoxy) is 1. The Bertz CT molecular complexity index is 517. The van der Waals surface area contributed by atoms with Crippen LogP contribution in [0, 0.1) is 10.1 Å². The summed E-state index contributed by atoms with van der Waals surface area (Å²) in [5, 5.41) is 13.6. The molecule has 0 aliphatic carbocycles. The number of halogens is 1. The zero-order valence-electron chi connectivity index (χ0n) is 11.0. The van der Waals surface area contributed by atoms with Crippen LogP contribution in [-0.4, -0.2) is 29.9 Å². The average Bonchev–Trinajstić information content (AvgIpc) is 2.43. The van der Waals surface area contributed by atoms with Gasteiger partial charge < -0.3 is 10.1 Å². The van der Waals surface area contributed by atoms with Gasteiger partial charge >= 0.3 is 5.69 Å². The summed E-state index contributed by atoms with van der Waals surface area (Å²) in [5.41, 5.74) is -0.0869. The molecule has 0 spiro atoms. The van der Waals surface area contributed by atoms with Crippen LogP contribution in [0.3, 0.4) is 0 Å². The quantitative estimate of drug-likeness (QED) is 0.363. The smallest absolute Gasteiger partial charge is 0.311 e. The highest BCUT2D eigenvalue weighted by atomic mass is 35.5.